The second-order valence-corrected chi connectivity index (χ2v) is 5.82. The molecule has 0 radical (unpaired) electrons. The average molecular weight is 359 g/mol. The number of amides is 2. The molecule has 2 amide bonds. The van der Waals surface area contributed by atoms with Gasteiger partial charge >= 0.3 is 12.0 Å². The number of halogens is 1. The molecule has 3 N–H and O–H groups in total. The highest BCUT2D eigenvalue weighted by Crippen LogP contribution is 2.27. The highest BCUT2D eigenvalue weighted by Gasteiger charge is 2.21. The van der Waals surface area contributed by atoms with Gasteiger partial charge in [0.2, 0.25) is 0 Å². The van der Waals surface area contributed by atoms with Crippen LogP contribution in [0, 0.1) is 5.92 Å². The van der Waals surface area contributed by atoms with Gasteiger partial charge in [-0.05, 0) is 40.4 Å². The van der Waals surface area contributed by atoms with Gasteiger partial charge in [0, 0.05) is 10.5 Å². The minimum Gasteiger partial charge on any atom is -0.497 e. The number of hydrogen-bond acceptors (Lipinski definition) is 3. The number of nitrogens with one attached hydrogen (secondary N) is 2. The molecule has 1 unspecified atom stereocenters. The topological polar surface area (TPSA) is 87.7 Å². The lowest BCUT2D eigenvalue weighted by molar-refractivity contribution is -0.139. The smallest absolute Gasteiger partial charge is 0.326 e. The molecular formula is C14H19BrN2O4. The van der Waals surface area contributed by atoms with Gasteiger partial charge in [0.05, 0.1) is 12.8 Å². The Balaban J connectivity index is 2.74. The zero-order valence-electron chi connectivity index (χ0n) is 12.1. The van der Waals surface area contributed by atoms with Crippen molar-refractivity contribution in [2.45, 2.75) is 26.3 Å². The van der Waals surface area contributed by atoms with E-state index in [1.54, 1.807) is 18.2 Å². The van der Waals surface area contributed by atoms with Crippen molar-refractivity contribution in [1.82, 2.24) is 5.32 Å². The molecule has 0 aliphatic carbocycles. The molecule has 1 atom stereocenters. The summed E-state index contributed by atoms with van der Waals surface area (Å²) < 4.78 is 5.75. The van der Waals surface area contributed by atoms with Crippen LogP contribution in [0.4, 0.5) is 10.5 Å². The molecular weight excluding hydrogens is 340 g/mol. The first kappa shape index (κ1) is 17.3. The molecule has 0 aliphatic heterocycles. The van der Waals surface area contributed by atoms with Crippen LogP contribution in [0.2, 0.25) is 0 Å². The highest BCUT2D eigenvalue weighted by atomic mass is 79.9. The lowest BCUT2D eigenvalue weighted by Crippen LogP contribution is -2.43. The molecule has 0 bridgehead atoms. The Hall–Kier alpha value is -1.76. The van der Waals surface area contributed by atoms with Crippen molar-refractivity contribution in [3.05, 3.63) is 22.7 Å². The first-order valence-corrected chi connectivity index (χ1v) is 7.26. The van der Waals surface area contributed by atoms with Crippen LogP contribution in [0.15, 0.2) is 22.7 Å². The van der Waals surface area contributed by atoms with Gasteiger partial charge in [-0.3, -0.25) is 0 Å². The van der Waals surface area contributed by atoms with E-state index in [-0.39, 0.29) is 5.92 Å². The van der Waals surface area contributed by atoms with E-state index in [0.29, 0.717) is 22.3 Å². The van der Waals surface area contributed by atoms with Crippen molar-refractivity contribution in [2.75, 3.05) is 12.4 Å². The molecule has 0 saturated heterocycles. The zero-order chi connectivity index (χ0) is 16.0. The van der Waals surface area contributed by atoms with Crippen molar-refractivity contribution in [3.8, 4) is 5.75 Å². The predicted molar refractivity (Wildman–Crippen MR) is 83.7 cm³/mol. The number of urea groups is 1. The van der Waals surface area contributed by atoms with E-state index in [1.165, 1.54) is 7.11 Å². The standard InChI is InChI=1S/C14H19BrN2O4/c1-8(2)6-12(13(18)19)17-14(20)16-11-7-9(21-3)4-5-10(11)15/h4-5,7-8,12H,6H2,1-3H3,(H,18,19)(H2,16,17,20). The van der Waals surface area contributed by atoms with E-state index in [0.717, 1.165) is 0 Å². The molecule has 0 fully saturated rings. The van der Waals surface area contributed by atoms with Crippen molar-refractivity contribution < 1.29 is 19.4 Å². The minimum absolute atomic E-state index is 0.162. The molecule has 7 heteroatoms. The number of ether oxygens (including phenoxy) is 1. The third-order valence-corrected chi connectivity index (χ3v) is 3.42. The number of rotatable bonds is 6. The Kier molecular flexibility index (Phi) is 6.48. The highest BCUT2D eigenvalue weighted by molar-refractivity contribution is 9.10. The maximum Gasteiger partial charge on any atom is 0.326 e. The Morgan fingerprint density at radius 3 is 2.57 bits per heavy atom. The van der Waals surface area contributed by atoms with Crippen LogP contribution >= 0.6 is 15.9 Å². The van der Waals surface area contributed by atoms with E-state index < -0.39 is 18.0 Å². The average Bonchev–Trinajstić information content (AvgIpc) is 2.39. The summed E-state index contributed by atoms with van der Waals surface area (Å²) in [6.07, 6.45) is 0.363. The fraction of sp³-hybridized carbons (Fsp3) is 0.429. The van der Waals surface area contributed by atoms with Crippen LogP contribution < -0.4 is 15.4 Å². The second kappa shape index (κ2) is 7.87. The van der Waals surface area contributed by atoms with Gasteiger partial charge in [-0.2, -0.15) is 0 Å². The number of carboxylic acids is 1. The van der Waals surface area contributed by atoms with E-state index >= 15 is 0 Å². The first-order valence-electron chi connectivity index (χ1n) is 6.47. The third-order valence-electron chi connectivity index (χ3n) is 2.73. The predicted octanol–water partition coefficient (Wildman–Crippen LogP) is 3.08. The lowest BCUT2D eigenvalue weighted by atomic mass is 10.0. The van der Waals surface area contributed by atoms with E-state index in [4.69, 9.17) is 9.84 Å². The van der Waals surface area contributed by atoms with Crippen LogP contribution in [-0.4, -0.2) is 30.3 Å². The first-order chi connectivity index (χ1) is 9.83. The molecule has 6 nitrogen and oxygen atoms in total. The molecule has 0 saturated carbocycles. The number of carbonyl (C=O) groups excluding carboxylic acids is 1. The molecule has 1 aromatic carbocycles. The summed E-state index contributed by atoms with van der Waals surface area (Å²) in [6, 6.07) is 3.62. The van der Waals surface area contributed by atoms with Crippen molar-refractivity contribution in [3.63, 3.8) is 0 Å². The van der Waals surface area contributed by atoms with Gasteiger partial charge in [-0.15, -0.1) is 0 Å². The number of anilines is 1. The molecule has 0 heterocycles. The third kappa shape index (κ3) is 5.63. The largest absolute Gasteiger partial charge is 0.497 e. The van der Waals surface area contributed by atoms with Crippen LogP contribution in [0.5, 0.6) is 5.75 Å². The molecule has 1 aromatic rings. The maximum absolute atomic E-state index is 11.9. The minimum atomic E-state index is -1.05. The lowest BCUT2D eigenvalue weighted by Gasteiger charge is -2.17. The fourth-order valence-corrected chi connectivity index (χ4v) is 2.08. The summed E-state index contributed by atoms with van der Waals surface area (Å²) in [5, 5.41) is 14.2. The van der Waals surface area contributed by atoms with Gasteiger partial charge in [0.15, 0.2) is 0 Å². The number of hydrogen-bond donors (Lipinski definition) is 3. The summed E-state index contributed by atoms with van der Waals surface area (Å²) in [6.45, 7) is 3.79. The van der Waals surface area contributed by atoms with Gasteiger partial charge < -0.3 is 20.5 Å². The Morgan fingerprint density at radius 2 is 2.05 bits per heavy atom. The Morgan fingerprint density at radius 1 is 1.38 bits per heavy atom. The summed E-state index contributed by atoms with van der Waals surface area (Å²) in [4.78, 5) is 23.0. The van der Waals surface area contributed by atoms with Gasteiger partial charge in [-0.25, -0.2) is 9.59 Å². The van der Waals surface area contributed by atoms with Crippen molar-refractivity contribution in [2.24, 2.45) is 5.92 Å². The van der Waals surface area contributed by atoms with Gasteiger partial charge in [0.1, 0.15) is 11.8 Å². The normalized spacial score (nSPS) is 11.9. The summed E-state index contributed by atoms with van der Waals surface area (Å²) >= 11 is 3.31. The van der Waals surface area contributed by atoms with Gasteiger partial charge in [0.25, 0.3) is 0 Å². The number of carbonyl (C=O) groups is 2. The Bertz CT molecular complexity index is 520. The monoisotopic (exact) mass is 358 g/mol. The number of aliphatic carboxylic acids is 1. The molecule has 21 heavy (non-hydrogen) atoms. The Labute approximate surface area is 132 Å². The van der Waals surface area contributed by atoms with E-state index in [1.807, 2.05) is 13.8 Å². The molecule has 0 aromatic heterocycles. The number of benzene rings is 1. The summed E-state index contributed by atoms with van der Waals surface area (Å²) in [7, 11) is 1.52. The van der Waals surface area contributed by atoms with E-state index in [9.17, 15) is 9.59 Å². The molecule has 116 valence electrons. The summed E-state index contributed by atoms with van der Waals surface area (Å²) in [5.41, 5.74) is 0.500. The second-order valence-electron chi connectivity index (χ2n) is 4.96. The number of methoxy groups -OCH3 is 1. The maximum atomic E-state index is 11.9. The quantitative estimate of drug-likeness (QED) is 0.728. The number of carboxylic acid groups (broad SMARTS) is 1. The zero-order valence-corrected chi connectivity index (χ0v) is 13.7. The SMILES string of the molecule is COc1ccc(Br)c(NC(=O)NC(CC(C)C)C(=O)O)c1. The fourth-order valence-electron chi connectivity index (χ4n) is 1.74. The summed E-state index contributed by atoms with van der Waals surface area (Å²) in [5.74, 6) is -0.302. The van der Waals surface area contributed by atoms with Crippen LogP contribution in [0.3, 0.4) is 0 Å². The van der Waals surface area contributed by atoms with Crippen LogP contribution in [0.25, 0.3) is 0 Å². The van der Waals surface area contributed by atoms with Crippen LogP contribution in [0.1, 0.15) is 20.3 Å². The van der Waals surface area contributed by atoms with Crippen molar-refractivity contribution in [1.29, 1.82) is 0 Å². The molecule has 1 rings (SSSR count). The van der Waals surface area contributed by atoms with Crippen molar-refractivity contribution >= 4 is 33.6 Å². The molecule has 0 spiro atoms. The van der Waals surface area contributed by atoms with Gasteiger partial charge in [-0.1, -0.05) is 13.8 Å². The van der Waals surface area contributed by atoms with Crippen LogP contribution in [-0.2, 0) is 4.79 Å². The van der Waals surface area contributed by atoms with E-state index in [2.05, 4.69) is 26.6 Å². The molecule has 0 aliphatic rings.